The van der Waals surface area contributed by atoms with Gasteiger partial charge in [0.05, 0.1) is 28.5 Å². The Kier molecular flexibility index (Phi) is 7.75. The van der Waals surface area contributed by atoms with E-state index in [2.05, 4.69) is 82.5 Å². The summed E-state index contributed by atoms with van der Waals surface area (Å²) in [6.45, 7) is 16.5. The van der Waals surface area contributed by atoms with E-state index in [1.54, 1.807) is 11.5 Å². The highest BCUT2D eigenvalue weighted by atomic mass is 32.1. The molecule has 0 spiro atoms. The molecule has 3 heterocycles. The van der Waals surface area contributed by atoms with Gasteiger partial charge in [0.25, 0.3) is 5.56 Å². The van der Waals surface area contributed by atoms with Crippen LogP contribution in [0.5, 0.6) is 0 Å². The first-order valence-corrected chi connectivity index (χ1v) is 14.9. The number of nitrogens with zero attached hydrogens (tertiary/aromatic N) is 3. The summed E-state index contributed by atoms with van der Waals surface area (Å²) < 4.78 is 9.88. The lowest BCUT2D eigenvalue weighted by Crippen LogP contribution is -2.39. The molecule has 1 aliphatic rings. The number of thiazole rings is 1. The van der Waals surface area contributed by atoms with Crippen molar-refractivity contribution in [3.8, 4) is 5.69 Å². The van der Waals surface area contributed by atoms with Crippen LogP contribution in [0.15, 0.2) is 69.6 Å². The summed E-state index contributed by atoms with van der Waals surface area (Å²) in [6, 6.07) is 16.1. The minimum Gasteiger partial charge on any atom is -0.463 e. The highest BCUT2D eigenvalue weighted by Crippen LogP contribution is 2.31. The van der Waals surface area contributed by atoms with Gasteiger partial charge < -0.3 is 9.30 Å². The van der Waals surface area contributed by atoms with Crippen molar-refractivity contribution in [2.75, 3.05) is 6.61 Å². The van der Waals surface area contributed by atoms with Gasteiger partial charge >= 0.3 is 5.97 Å². The van der Waals surface area contributed by atoms with Gasteiger partial charge in [-0.3, -0.25) is 9.36 Å². The number of aryl methyl sites for hydroxylation is 3. The number of ether oxygens (including phenoxy) is 1. The number of benzene rings is 2. The highest BCUT2D eigenvalue weighted by molar-refractivity contribution is 7.07. The van der Waals surface area contributed by atoms with E-state index >= 15 is 0 Å². The molecule has 0 amide bonds. The molecule has 0 aliphatic carbocycles. The fraction of sp³-hybridized carbons (Fsp3) is 0.324. The van der Waals surface area contributed by atoms with Crippen LogP contribution in [0.3, 0.4) is 0 Å². The van der Waals surface area contributed by atoms with Crippen molar-refractivity contribution < 1.29 is 9.53 Å². The SMILES string of the molecule is CCOC(=O)C1=C(C)N=c2s/c(=C/c3cc(C)n(-c4ccc(C)c(C)c4)c3C)c(=O)n2[C@@H]1c1ccc(C(C)C)cc1. The summed E-state index contributed by atoms with van der Waals surface area (Å²) >= 11 is 1.35. The number of hydrogen-bond acceptors (Lipinski definition) is 5. The summed E-state index contributed by atoms with van der Waals surface area (Å²) in [5.41, 5.74) is 9.56. The zero-order valence-electron chi connectivity index (χ0n) is 25.0. The van der Waals surface area contributed by atoms with Gasteiger partial charge in [0, 0.05) is 17.1 Å². The Hall–Kier alpha value is -3.97. The summed E-state index contributed by atoms with van der Waals surface area (Å²) in [5, 5.41) is 0. The van der Waals surface area contributed by atoms with Crippen LogP contribution in [0.25, 0.3) is 11.8 Å². The molecule has 212 valence electrons. The van der Waals surface area contributed by atoms with E-state index in [1.807, 2.05) is 25.1 Å². The van der Waals surface area contributed by atoms with Crippen LogP contribution in [0, 0.1) is 27.7 Å². The lowest BCUT2D eigenvalue weighted by molar-refractivity contribution is -0.139. The second-order valence-corrected chi connectivity index (χ2v) is 12.1. The zero-order chi connectivity index (χ0) is 29.6. The Labute approximate surface area is 245 Å². The zero-order valence-corrected chi connectivity index (χ0v) is 25.8. The largest absolute Gasteiger partial charge is 0.463 e. The van der Waals surface area contributed by atoms with Crippen LogP contribution < -0.4 is 14.9 Å². The molecule has 1 atom stereocenters. The smallest absolute Gasteiger partial charge is 0.338 e. The van der Waals surface area contributed by atoms with Crippen LogP contribution in [0.2, 0.25) is 0 Å². The summed E-state index contributed by atoms with van der Waals surface area (Å²) in [6.07, 6.45) is 1.95. The van der Waals surface area contributed by atoms with Gasteiger partial charge in [0.2, 0.25) is 0 Å². The molecule has 2 aromatic heterocycles. The highest BCUT2D eigenvalue weighted by Gasteiger charge is 2.33. The molecule has 4 aromatic rings. The van der Waals surface area contributed by atoms with E-state index in [1.165, 1.54) is 28.0 Å². The van der Waals surface area contributed by atoms with E-state index in [9.17, 15) is 9.59 Å². The average Bonchev–Trinajstić information content (AvgIpc) is 3.38. The van der Waals surface area contributed by atoms with Gasteiger partial charge in [-0.25, -0.2) is 9.79 Å². The van der Waals surface area contributed by atoms with Crippen LogP contribution in [-0.4, -0.2) is 21.7 Å². The predicted octanol–water partition coefficient (Wildman–Crippen LogP) is 5.95. The Morgan fingerprint density at radius 3 is 2.37 bits per heavy atom. The van der Waals surface area contributed by atoms with Crippen molar-refractivity contribution in [2.45, 2.75) is 67.3 Å². The topological polar surface area (TPSA) is 65.6 Å². The van der Waals surface area contributed by atoms with E-state index in [-0.39, 0.29) is 12.2 Å². The van der Waals surface area contributed by atoms with Crippen molar-refractivity contribution in [3.63, 3.8) is 0 Å². The Bertz CT molecular complexity index is 1870. The Morgan fingerprint density at radius 1 is 1.02 bits per heavy atom. The van der Waals surface area contributed by atoms with Crippen molar-refractivity contribution in [2.24, 2.45) is 4.99 Å². The van der Waals surface area contributed by atoms with Gasteiger partial charge in [0.1, 0.15) is 0 Å². The van der Waals surface area contributed by atoms with E-state index in [4.69, 9.17) is 9.73 Å². The quantitative estimate of drug-likeness (QED) is 0.271. The van der Waals surface area contributed by atoms with Crippen LogP contribution in [0.1, 0.15) is 78.9 Å². The number of rotatable bonds is 6. The molecule has 7 heteroatoms. The van der Waals surface area contributed by atoms with Crippen LogP contribution in [0.4, 0.5) is 0 Å². The number of esters is 1. The normalized spacial score (nSPS) is 15.3. The van der Waals surface area contributed by atoms with Crippen molar-refractivity contribution in [1.82, 2.24) is 9.13 Å². The maximum Gasteiger partial charge on any atom is 0.338 e. The minimum atomic E-state index is -0.614. The maximum atomic E-state index is 14.1. The number of fused-ring (bicyclic) bond motifs is 1. The predicted molar refractivity (Wildman–Crippen MR) is 166 cm³/mol. The number of aromatic nitrogens is 2. The number of allylic oxidation sites excluding steroid dienone is 1. The van der Waals surface area contributed by atoms with E-state index < -0.39 is 12.0 Å². The van der Waals surface area contributed by atoms with E-state index in [0.717, 1.165) is 28.2 Å². The summed E-state index contributed by atoms with van der Waals surface area (Å²) in [5.74, 6) is -0.0754. The number of carbonyl (C=O) groups is 1. The van der Waals surface area contributed by atoms with E-state index in [0.29, 0.717) is 26.5 Å². The molecule has 0 unspecified atom stereocenters. The lowest BCUT2D eigenvalue weighted by atomic mass is 9.93. The van der Waals surface area contributed by atoms with Crippen LogP contribution >= 0.6 is 11.3 Å². The molecule has 0 saturated carbocycles. The Morgan fingerprint density at radius 2 is 1.73 bits per heavy atom. The van der Waals surface area contributed by atoms with Crippen molar-refractivity contribution >= 4 is 23.4 Å². The lowest BCUT2D eigenvalue weighted by Gasteiger charge is -2.25. The second-order valence-electron chi connectivity index (χ2n) is 11.1. The van der Waals surface area contributed by atoms with Gasteiger partial charge in [-0.05, 0) is 99.6 Å². The van der Waals surface area contributed by atoms with Gasteiger partial charge in [0.15, 0.2) is 4.80 Å². The molecule has 0 saturated heterocycles. The molecular weight excluding hydrogens is 530 g/mol. The molecular formula is C34H37N3O3S. The molecule has 0 fully saturated rings. The minimum absolute atomic E-state index is 0.169. The average molecular weight is 568 g/mol. The fourth-order valence-corrected chi connectivity index (χ4v) is 6.54. The fourth-order valence-electron chi connectivity index (χ4n) is 5.51. The second kappa shape index (κ2) is 11.1. The standard InChI is InChI=1S/C34H37N3O3S/c1-9-40-33(39)30-23(7)35-34-37(31(30)26-13-11-25(12-14-26)19(2)3)32(38)29(41-34)18-27-17-22(6)36(24(27)8)28-15-10-20(4)21(5)16-28/h10-19,31H,9H2,1-8H3/b29-18+/t31-/m1/s1. The number of hydrogen-bond donors (Lipinski definition) is 0. The molecule has 1 aliphatic heterocycles. The summed E-state index contributed by atoms with van der Waals surface area (Å²) in [4.78, 5) is 32.6. The third-order valence-electron chi connectivity index (χ3n) is 7.94. The van der Waals surface area contributed by atoms with Crippen molar-refractivity contribution in [3.05, 3.63) is 119 Å². The molecule has 0 radical (unpaired) electrons. The maximum absolute atomic E-state index is 14.1. The Balaban J connectivity index is 1.68. The third-order valence-corrected chi connectivity index (χ3v) is 8.92. The van der Waals surface area contributed by atoms with Gasteiger partial charge in [-0.1, -0.05) is 55.5 Å². The van der Waals surface area contributed by atoms with Crippen LogP contribution in [-0.2, 0) is 9.53 Å². The summed E-state index contributed by atoms with van der Waals surface area (Å²) in [7, 11) is 0. The molecule has 5 rings (SSSR count). The molecule has 0 N–H and O–H groups in total. The molecule has 0 bridgehead atoms. The monoisotopic (exact) mass is 567 g/mol. The first-order valence-electron chi connectivity index (χ1n) is 14.1. The van der Waals surface area contributed by atoms with Gasteiger partial charge in [-0.15, -0.1) is 0 Å². The molecule has 2 aromatic carbocycles. The van der Waals surface area contributed by atoms with Gasteiger partial charge in [-0.2, -0.15) is 0 Å². The molecule has 6 nitrogen and oxygen atoms in total. The number of carbonyl (C=O) groups excluding carboxylic acids is 1. The van der Waals surface area contributed by atoms with Crippen molar-refractivity contribution in [1.29, 1.82) is 0 Å². The first kappa shape index (κ1) is 28.6. The molecule has 41 heavy (non-hydrogen) atoms. The first-order chi connectivity index (χ1) is 19.5. The third kappa shape index (κ3) is 5.15.